The van der Waals surface area contributed by atoms with E-state index in [1.165, 1.54) is 5.70 Å². The van der Waals surface area contributed by atoms with Crippen molar-refractivity contribution in [1.29, 1.82) is 0 Å². The van der Waals surface area contributed by atoms with Crippen molar-refractivity contribution in [2.45, 2.75) is 18.9 Å². The lowest BCUT2D eigenvalue weighted by Crippen LogP contribution is -2.28. The summed E-state index contributed by atoms with van der Waals surface area (Å²) in [5.41, 5.74) is 3.08. The van der Waals surface area contributed by atoms with Gasteiger partial charge in [0.25, 0.3) is 5.91 Å². The van der Waals surface area contributed by atoms with E-state index in [9.17, 15) is 4.79 Å². The Bertz CT molecular complexity index is 856. The molecule has 1 amide bonds. The van der Waals surface area contributed by atoms with Gasteiger partial charge in [0, 0.05) is 5.39 Å². The number of carbonyl (C=O) groups is 1. The zero-order chi connectivity index (χ0) is 18.4. The van der Waals surface area contributed by atoms with Crippen LogP contribution in [0.1, 0.15) is 35.0 Å². The first kappa shape index (κ1) is 18.1. The molecule has 0 saturated heterocycles. The SMILES string of the molecule is O=C(NC(CCC=C[Si](O)O)c1ccccc1)c1cc2ccccc2o1. The Labute approximate surface area is 153 Å². The Morgan fingerprint density at radius 1 is 1.12 bits per heavy atom. The lowest BCUT2D eigenvalue weighted by molar-refractivity contribution is 0.0909. The van der Waals surface area contributed by atoms with E-state index in [2.05, 4.69) is 5.32 Å². The summed E-state index contributed by atoms with van der Waals surface area (Å²) in [6.07, 6.45) is 2.99. The first-order valence-electron chi connectivity index (χ1n) is 8.39. The minimum Gasteiger partial charge on any atom is -0.451 e. The number of para-hydroxylation sites is 1. The smallest absolute Gasteiger partial charge is 0.409 e. The fourth-order valence-corrected chi connectivity index (χ4v) is 3.16. The Kier molecular flexibility index (Phi) is 6.01. The number of allylic oxidation sites excluding steroid dienone is 1. The predicted octanol–water partition coefficient (Wildman–Crippen LogP) is 3.25. The second-order valence-corrected chi connectivity index (χ2v) is 6.97. The number of carbonyl (C=O) groups excluding carboxylic acids is 1. The van der Waals surface area contributed by atoms with Crippen molar-refractivity contribution in [1.82, 2.24) is 5.32 Å². The first-order chi connectivity index (χ1) is 12.6. The molecular weight excluding hydrogens is 346 g/mol. The van der Waals surface area contributed by atoms with E-state index in [0.29, 0.717) is 18.4 Å². The minimum absolute atomic E-state index is 0.199. The molecule has 3 rings (SSSR count). The molecular formula is C20H20NO4Si. The number of hydrogen-bond acceptors (Lipinski definition) is 4. The lowest BCUT2D eigenvalue weighted by atomic mass is 10.0. The Morgan fingerprint density at radius 3 is 2.58 bits per heavy atom. The van der Waals surface area contributed by atoms with Gasteiger partial charge in [-0.1, -0.05) is 54.6 Å². The van der Waals surface area contributed by atoms with Crippen LogP contribution in [-0.4, -0.2) is 24.8 Å². The Hall–Kier alpha value is -2.67. The van der Waals surface area contributed by atoms with Crippen LogP contribution >= 0.6 is 0 Å². The highest BCUT2D eigenvalue weighted by molar-refractivity contribution is 6.47. The van der Waals surface area contributed by atoms with Crippen molar-refractivity contribution in [2.75, 3.05) is 0 Å². The van der Waals surface area contributed by atoms with Crippen molar-refractivity contribution in [3.8, 4) is 0 Å². The summed E-state index contributed by atoms with van der Waals surface area (Å²) < 4.78 is 5.64. The van der Waals surface area contributed by atoms with Crippen LogP contribution in [0.25, 0.3) is 11.0 Å². The van der Waals surface area contributed by atoms with Crippen LogP contribution in [-0.2, 0) is 0 Å². The van der Waals surface area contributed by atoms with Gasteiger partial charge in [-0.25, -0.2) is 0 Å². The normalized spacial score (nSPS) is 12.7. The summed E-state index contributed by atoms with van der Waals surface area (Å²) in [7, 11) is -2.36. The molecule has 2 aromatic carbocycles. The summed E-state index contributed by atoms with van der Waals surface area (Å²) in [6.45, 7) is 0. The van der Waals surface area contributed by atoms with E-state index in [1.54, 1.807) is 12.1 Å². The molecule has 0 fully saturated rings. The third-order valence-corrected chi connectivity index (χ3v) is 4.58. The summed E-state index contributed by atoms with van der Waals surface area (Å²) in [5.74, 6) is 0.00647. The molecule has 0 saturated carbocycles. The number of nitrogens with one attached hydrogen (secondary N) is 1. The monoisotopic (exact) mass is 366 g/mol. The molecule has 0 aliphatic heterocycles. The van der Waals surface area contributed by atoms with Gasteiger partial charge in [-0.05, 0) is 36.2 Å². The van der Waals surface area contributed by atoms with Crippen molar-refractivity contribution in [2.24, 2.45) is 0 Å². The number of hydrogen-bond donors (Lipinski definition) is 3. The minimum atomic E-state index is -2.36. The molecule has 0 aliphatic rings. The summed E-state index contributed by atoms with van der Waals surface area (Å²) in [5, 5.41) is 3.90. The highest BCUT2D eigenvalue weighted by Gasteiger charge is 2.18. The maximum absolute atomic E-state index is 12.6. The molecule has 5 nitrogen and oxygen atoms in total. The Morgan fingerprint density at radius 2 is 1.85 bits per heavy atom. The van der Waals surface area contributed by atoms with Crippen LogP contribution in [0.4, 0.5) is 0 Å². The summed E-state index contributed by atoms with van der Waals surface area (Å²) in [4.78, 5) is 30.6. The molecule has 133 valence electrons. The first-order valence-corrected chi connectivity index (χ1v) is 9.86. The molecule has 1 atom stereocenters. The number of rotatable bonds is 7. The van der Waals surface area contributed by atoms with E-state index in [-0.39, 0.29) is 17.7 Å². The molecule has 1 unspecified atom stereocenters. The molecule has 3 aromatic rings. The van der Waals surface area contributed by atoms with Gasteiger partial charge in [-0.15, -0.1) is 0 Å². The number of amides is 1. The third kappa shape index (κ3) is 4.69. The van der Waals surface area contributed by atoms with E-state index in [4.69, 9.17) is 14.0 Å². The fourth-order valence-electron chi connectivity index (χ4n) is 2.78. The molecule has 26 heavy (non-hydrogen) atoms. The highest BCUT2D eigenvalue weighted by Crippen LogP contribution is 2.22. The molecule has 1 heterocycles. The lowest BCUT2D eigenvalue weighted by Gasteiger charge is -2.18. The average molecular weight is 366 g/mol. The van der Waals surface area contributed by atoms with E-state index >= 15 is 0 Å². The summed E-state index contributed by atoms with van der Waals surface area (Å²) >= 11 is 0. The summed E-state index contributed by atoms with van der Waals surface area (Å²) in [6, 6.07) is 18.7. The van der Waals surface area contributed by atoms with Crippen molar-refractivity contribution >= 4 is 26.2 Å². The number of furan rings is 1. The molecule has 1 aromatic heterocycles. The van der Waals surface area contributed by atoms with Crippen LogP contribution in [0.5, 0.6) is 0 Å². The third-order valence-electron chi connectivity index (χ3n) is 4.05. The zero-order valence-corrected chi connectivity index (χ0v) is 15.1. The van der Waals surface area contributed by atoms with Gasteiger partial charge < -0.3 is 19.3 Å². The van der Waals surface area contributed by atoms with E-state index in [0.717, 1.165) is 10.9 Å². The second kappa shape index (κ2) is 8.62. The van der Waals surface area contributed by atoms with Gasteiger partial charge in [0.1, 0.15) is 5.58 Å². The molecule has 6 heteroatoms. The van der Waals surface area contributed by atoms with Gasteiger partial charge in [0.15, 0.2) is 5.76 Å². The maximum Gasteiger partial charge on any atom is 0.409 e. The highest BCUT2D eigenvalue weighted by atomic mass is 28.3. The largest absolute Gasteiger partial charge is 0.451 e. The van der Waals surface area contributed by atoms with Gasteiger partial charge in [0.05, 0.1) is 6.04 Å². The average Bonchev–Trinajstić information content (AvgIpc) is 3.09. The van der Waals surface area contributed by atoms with Crippen LogP contribution in [0.15, 0.2) is 76.9 Å². The fraction of sp³-hybridized carbons (Fsp3) is 0.150. The Balaban J connectivity index is 1.74. The second-order valence-electron chi connectivity index (χ2n) is 5.92. The topological polar surface area (TPSA) is 82.7 Å². The van der Waals surface area contributed by atoms with Crippen molar-refractivity contribution < 1.29 is 18.8 Å². The number of fused-ring (bicyclic) bond motifs is 1. The van der Waals surface area contributed by atoms with Gasteiger partial charge >= 0.3 is 9.28 Å². The molecule has 1 radical (unpaired) electrons. The van der Waals surface area contributed by atoms with Crippen LogP contribution in [0.3, 0.4) is 0 Å². The standard InChI is InChI=1S/C20H20NO4Si/c22-20(19-14-16-10-4-5-12-18(16)25-19)21-17(11-6-7-13-26(23)24)15-8-2-1-3-9-15/h1-5,7-10,12-14,17,23-24H,6,11H2,(H,21,22). The van der Waals surface area contributed by atoms with Crippen LogP contribution in [0, 0.1) is 0 Å². The van der Waals surface area contributed by atoms with Crippen molar-refractivity contribution in [3.05, 3.63) is 83.8 Å². The molecule has 0 aliphatic carbocycles. The molecule has 0 bridgehead atoms. The quantitative estimate of drug-likeness (QED) is 0.561. The van der Waals surface area contributed by atoms with E-state index in [1.807, 2.05) is 54.6 Å². The zero-order valence-electron chi connectivity index (χ0n) is 14.1. The molecule has 3 N–H and O–H groups in total. The predicted molar refractivity (Wildman–Crippen MR) is 101 cm³/mol. The van der Waals surface area contributed by atoms with Gasteiger partial charge in [-0.3, -0.25) is 4.79 Å². The van der Waals surface area contributed by atoms with Crippen LogP contribution in [0.2, 0.25) is 0 Å². The molecule has 0 spiro atoms. The van der Waals surface area contributed by atoms with Gasteiger partial charge in [0.2, 0.25) is 0 Å². The van der Waals surface area contributed by atoms with E-state index < -0.39 is 9.28 Å². The van der Waals surface area contributed by atoms with Gasteiger partial charge in [-0.2, -0.15) is 0 Å². The maximum atomic E-state index is 12.6. The van der Waals surface area contributed by atoms with Crippen LogP contribution < -0.4 is 5.32 Å². The number of benzene rings is 2. The van der Waals surface area contributed by atoms with Crippen molar-refractivity contribution in [3.63, 3.8) is 0 Å².